The molecule has 168 valence electrons. The fourth-order valence-corrected chi connectivity index (χ4v) is 5.46. The third-order valence-corrected chi connectivity index (χ3v) is 7.48. The van der Waals surface area contributed by atoms with E-state index in [0.29, 0.717) is 24.8 Å². The van der Waals surface area contributed by atoms with Gasteiger partial charge in [0, 0.05) is 16.2 Å². The van der Waals surface area contributed by atoms with Gasteiger partial charge in [0.25, 0.3) is 0 Å². The summed E-state index contributed by atoms with van der Waals surface area (Å²) in [6.07, 6.45) is 10.8. The molecule has 0 bridgehead atoms. The molecule has 1 unspecified atom stereocenters. The van der Waals surface area contributed by atoms with Crippen molar-refractivity contribution in [1.29, 1.82) is 0 Å². The lowest BCUT2D eigenvalue weighted by molar-refractivity contribution is 0.0526. The number of benzene rings is 1. The molecule has 0 radical (unpaired) electrons. The lowest BCUT2D eigenvalue weighted by Gasteiger charge is -2.33. The Morgan fingerprint density at radius 1 is 1.19 bits per heavy atom. The lowest BCUT2D eigenvalue weighted by Crippen LogP contribution is -2.29. The van der Waals surface area contributed by atoms with Crippen LogP contribution in [0.3, 0.4) is 0 Å². The molecule has 1 fully saturated rings. The van der Waals surface area contributed by atoms with E-state index in [2.05, 4.69) is 50.1 Å². The van der Waals surface area contributed by atoms with Crippen molar-refractivity contribution in [2.24, 2.45) is 5.92 Å². The molecule has 1 heterocycles. The molecule has 0 amide bonds. The maximum Gasteiger partial charge on any atom is 0.338 e. The Morgan fingerprint density at radius 3 is 2.68 bits per heavy atom. The van der Waals surface area contributed by atoms with Crippen LogP contribution in [0.2, 0.25) is 0 Å². The van der Waals surface area contributed by atoms with Crippen LogP contribution in [0, 0.1) is 5.92 Å². The molecule has 1 aliphatic carbocycles. The highest BCUT2D eigenvalue weighted by atomic mass is 127. The third kappa shape index (κ3) is 7.05. The summed E-state index contributed by atoms with van der Waals surface area (Å²) in [5.74, 6) is 0.531. The van der Waals surface area contributed by atoms with Crippen molar-refractivity contribution in [2.75, 3.05) is 17.2 Å². The third-order valence-electron chi connectivity index (χ3n) is 5.84. The second-order valence-electron chi connectivity index (χ2n) is 8.10. The fourth-order valence-electron chi connectivity index (χ4n) is 4.12. The summed E-state index contributed by atoms with van der Waals surface area (Å²) in [4.78, 5) is 20.5. The Bertz CT molecular complexity index is 826. The van der Waals surface area contributed by atoms with Crippen LogP contribution < -0.4 is 10.6 Å². The number of nitrogens with one attached hydrogen (secondary N) is 2. The number of nitrogens with zero attached hydrogens (tertiary/aromatic N) is 2. The van der Waals surface area contributed by atoms with Gasteiger partial charge in [-0.3, -0.25) is 0 Å². The summed E-state index contributed by atoms with van der Waals surface area (Å²) >= 11 is 2.65. The average Bonchev–Trinajstić information content (AvgIpc) is 2.80. The van der Waals surface area contributed by atoms with Gasteiger partial charge in [0.15, 0.2) is 0 Å². The molecule has 7 heteroatoms. The summed E-state index contributed by atoms with van der Waals surface area (Å²) in [6.45, 7) is 5.01. The SMILES string of the molecule is CCCC(I)C1CCC(Nc2ccc(C(=O)OCC)cc2NCc2ccncn2)CC1. The van der Waals surface area contributed by atoms with Gasteiger partial charge in [0.05, 0.1) is 35.8 Å². The first-order chi connectivity index (χ1) is 15.1. The van der Waals surface area contributed by atoms with E-state index in [1.807, 2.05) is 31.2 Å². The van der Waals surface area contributed by atoms with Crippen molar-refractivity contribution in [3.05, 3.63) is 48.0 Å². The van der Waals surface area contributed by atoms with Crippen LogP contribution in [-0.4, -0.2) is 32.5 Å². The number of esters is 1. The Kier molecular flexibility index (Phi) is 9.36. The molecule has 0 aliphatic heterocycles. The summed E-state index contributed by atoms with van der Waals surface area (Å²) in [5.41, 5.74) is 3.36. The van der Waals surface area contributed by atoms with Gasteiger partial charge in [-0.15, -0.1) is 0 Å². The van der Waals surface area contributed by atoms with Gasteiger partial charge in [-0.2, -0.15) is 0 Å². The molecule has 31 heavy (non-hydrogen) atoms. The van der Waals surface area contributed by atoms with Crippen molar-refractivity contribution >= 4 is 39.9 Å². The van der Waals surface area contributed by atoms with E-state index < -0.39 is 0 Å². The van der Waals surface area contributed by atoms with E-state index in [4.69, 9.17) is 4.74 Å². The van der Waals surface area contributed by atoms with Crippen LogP contribution in [0.15, 0.2) is 36.8 Å². The topological polar surface area (TPSA) is 76.1 Å². The van der Waals surface area contributed by atoms with E-state index in [-0.39, 0.29) is 5.97 Å². The van der Waals surface area contributed by atoms with Gasteiger partial charge in [0.1, 0.15) is 6.33 Å². The molecule has 3 rings (SSSR count). The number of rotatable bonds is 10. The van der Waals surface area contributed by atoms with Gasteiger partial charge in [-0.05, 0) is 69.2 Å². The Labute approximate surface area is 199 Å². The second kappa shape index (κ2) is 12.2. The number of aromatic nitrogens is 2. The molecule has 1 aliphatic rings. The Balaban J connectivity index is 1.68. The number of hydrogen-bond acceptors (Lipinski definition) is 6. The van der Waals surface area contributed by atoms with Crippen LogP contribution in [0.5, 0.6) is 0 Å². The van der Waals surface area contributed by atoms with Crippen LogP contribution in [0.1, 0.15) is 68.4 Å². The maximum atomic E-state index is 12.2. The zero-order valence-electron chi connectivity index (χ0n) is 18.4. The predicted octanol–water partition coefficient (Wildman–Crippen LogP) is 5.84. The van der Waals surface area contributed by atoms with Crippen molar-refractivity contribution in [1.82, 2.24) is 9.97 Å². The molecule has 1 aromatic heterocycles. The number of hydrogen-bond donors (Lipinski definition) is 2. The van der Waals surface area contributed by atoms with Crippen LogP contribution in [0.4, 0.5) is 11.4 Å². The minimum absolute atomic E-state index is 0.302. The fraction of sp³-hybridized carbons (Fsp3) is 0.542. The quantitative estimate of drug-likeness (QED) is 0.226. The summed E-state index contributed by atoms with van der Waals surface area (Å²) < 4.78 is 5.97. The second-order valence-corrected chi connectivity index (χ2v) is 9.70. The minimum Gasteiger partial charge on any atom is -0.462 e. The van der Waals surface area contributed by atoms with Crippen molar-refractivity contribution in [3.63, 3.8) is 0 Å². The average molecular weight is 536 g/mol. The summed E-state index contributed by atoms with van der Waals surface area (Å²) in [6, 6.07) is 8.03. The Morgan fingerprint density at radius 2 is 2.00 bits per heavy atom. The molecule has 6 nitrogen and oxygen atoms in total. The highest BCUT2D eigenvalue weighted by molar-refractivity contribution is 14.1. The minimum atomic E-state index is -0.302. The molecule has 1 aromatic carbocycles. The van der Waals surface area contributed by atoms with Gasteiger partial charge >= 0.3 is 5.97 Å². The molecular weight excluding hydrogens is 503 g/mol. The first-order valence-electron chi connectivity index (χ1n) is 11.3. The van der Waals surface area contributed by atoms with Crippen molar-refractivity contribution in [3.8, 4) is 0 Å². The standard InChI is InChI=1S/C24H33IN4O2/c1-3-5-21(25)17-6-9-19(10-7-17)29-22-11-8-18(24(30)31-4-2)14-23(22)27-15-20-12-13-26-16-28-20/h8,11-14,16-17,19,21,27,29H,3-7,9-10,15H2,1-2H3. The predicted molar refractivity (Wildman–Crippen MR) is 134 cm³/mol. The number of halogens is 1. The summed E-state index contributed by atoms with van der Waals surface area (Å²) in [5, 5.41) is 7.16. The Hall–Kier alpha value is -1.90. The van der Waals surface area contributed by atoms with Gasteiger partial charge in [-0.25, -0.2) is 14.8 Å². The van der Waals surface area contributed by atoms with E-state index in [1.54, 1.807) is 12.5 Å². The first kappa shape index (κ1) is 23.8. The van der Waals surface area contributed by atoms with Crippen molar-refractivity contribution in [2.45, 2.75) is 68.9 Å². The molecule has 2 N–H and O–H groups in total. The lowest BCUT2D eigenvalue weighted by atomic mass is 9.83. The van der Waals surface area contributed by atoms with E-state index in [9.17, 15) is 4.79 Å². The zero-order valence-corrected chi connectivity index (χ0v) is 20.6. The van der Waals surface area contributed by atoms with Crippen molar-refractivity contribution < 1.29 is 9.53 Å². The monoisotopic (exact) mass is 536 g/mol. The van der Waals surface area contributed by atoms with Crippen LogP contribution >= 0.6 is 22.6 Å². The molecule has 2 aromatic rings. The van der Waals surface area contributed by atoms with Gasteiger partial charge in [-0.1, -0.05) is 35.9 Å². The summed E-state index contributed by atoms with van der Waals surface area (Å²) in [7, 11) is 0. The zero-order chi connectivity index (χ0) is 22.1. The molecular formula is C24H33IN4O2. The van der Waals surface area contributed by atoms with E-state index >= 15 is 0 Å². The molecule has 0 spiro atoms. The molecule has 1 saturated carbocycles. The molecule has 1 atom stereocenters. The number of alkyl halides is 1. The van der Waals surface area contributed by atoms with Crippen LogP contribution in [0.25, 0.3) is 0 Å². The molecule has 0 saturated heterocycles. The number of ether oxygens (including phenoxy) is 1. The number of anilines is 2. The van der Waals surface area contributed by atoms with Gasteiger partial charge in [0.2, 0.25) is 0 Å². The normalized spacial score (nSPS) is 19.5. The van der Waals surface area contributed by atoms with E-state index in [0.717, 1.165) is 26.9 Å². The first-order valence-corrected chi connectivity index (χ1v) is 12.6. The smallest absolute Gasteiger partial charge is 0.338 e. The van der Waals surface area contributed by atoms with Crippen LogP contribution in [-0.2, 0) is 11.3 Å². The van der Waals surface area contributed by atoms with E-state index in [1.165, 1.54) is 38.5 Å². The van der Waals surface area contributed by atoms with Gasteiger partial charge < -0.3 is 15.4 Å². The number of carbonyl (C=O) groups excluding carboxylic acids is 1. The number of carbonyl (C=O) groups is 1. The largest absolute Gasteiger partial charge is 0.462 e. The highest BCUT2D eigenvalue weighted by Crippen LogP contribution is 2.35. The maximum absolute atomic E-state index is 12.2. The highest BCUT2D eigenvalue weighted by Gasteiger charge is 2.26.